The van der Waals surface area contributed by atoms with Crippen LogP contribution in [0, 0.1) is 11.3 Å². The Kier molecular flexibility index (Phi) is 6.09. The SMILES string of the molecule is CC1(CS(=O)(=O)N[C@H]2CC[C@@H](C(=O)N3CCCCC3)C2)CCCCC1. The van der Waals surface area contributed by atoms with E-state index in [0.717, 1.165) is 64.5 Å². The second-order valence-electron chi connectivity index (χ2n) is 8.84. The molecule has 3 aliphatic rings. The Hall–Kier alpha value is -0.620. The Balaban J connectivity index is 1.50. The minimum atomic E-state index is -3.27. The molecule has 0 aromatic rings. The van der Waals surface area contributed by atoms with Crippen molar-refractivity contribution in [3.8, 4) is 0 Å². The van der Waals surface area contributed by atoms with Crippen LogP contribution in [0.25, 0.3) is 0 Å². The van der Waals surface area contributed by atoms with Gasteiger partial charge in [0.1, 0.15) is 0 Å². The number of carbonyl (C=O) groups excluding carboxylic acids is 1. The third-order valence-corrected chi connectivity index (χ3v) is 8.16. The van der Waals surface area contributed by atoms with E-state index in [4.69, 9.17) is 0 Å². The number of rotatable bonds is 5. The van der Waals surface area contributed by atoms with E-state index in [1.165, 1.54) is 12.8 Å². The van der Waals surface area contributed by atoms with Gasteiger partial charge in [-0.1, -0.05) is 26.2 Å². The highest BCUT2D eigenvalue weighted by molar-refractivity contribution is 7.89. The fraction of sp³-hybridized carbons (Fsp3) is 0.947. The van der Waals surface area contributed by atoms with Crippen LogP contribution in [0.3, 0.4) is 0 Å². The maximum Gasteiger partial charge on any atom is 0.225 e. The van der Waals surface area contributed by atoms with Gasteiger partial charge in [0.15, 0.2) is 0 Å². The summed E-state index contributed by atoms with van der Waals surface area (Å²) in [4.78, 5) is 14.6. The Labute approximate surface area is 153 Å². The number of carbonyl (C=O) groups is 1. The predicted octanol–water partition coefficient (Wildman–Crippen LogP) is 3.06. The molecule has 0 radical (unpaired) electrons. The van der Waals surface area contributed by atoms with Crippen molar-refractivity contribution in [3.05, 3.63) is 0 Å². The van der Waals surface area contributed by atoms with Crippen LogP contribution in [0.5, 0.6) is 0 Å². The first-order valence-corrected chi connectivity index (χ1v) is 11.8. The number of sulfonamides is 1. The molecule has 1 N–H and O–H groups in total. The number of amides is 1. The van der Waals surface area contributed by atoms with E-state index < -0.39 is 10.0 Å². The van der Waals surface area contributed by atoms with Crippen molar-refractivity contribution in [1.29, 1.82) is 0 Å². The van der Waals surface area contributed by atoms with Gasteiger partial charge in [0.25, 0.3) is 0 Å². The highest BCUT2D eigenvalue weighted by Crippen LogP contribution is 2.37. The lowest BCUT2D eigenvalue weighted by molar-refractivity contribution is -0.136. The average molecular weight is 371 g/mol. The lowest BCUT2D eigenvalue weighted by Gasteiger charge is -2.33. The minimum Gasteiger partial charge on any atom is -0.342 e. The highest BCUT2D eigenvalue weighted by atomic mass is 32.2. The molecule has 6 heteroatoms. The standard InChI is InChI=1S/C19H34N2O3S/c1-19(10-4-2-5-11-19)15-25(23,24)20-17-9-8-16(14-17)18(22)21-12-6-3-7-13-21/h16-17,20H,2-15H2,1H3/t16-,17+/m1/s1. The van der Waals surface area contributed by atoms with Crippen molar-refractivity contribution < 1.29 is 13.2 Å². The second-order valence-corrected chi connectivity index (χ2v) is 10.6. The number of nitrogens with zero attached hydrogens (tertiary/aromatic N) is 1. The first-order valence-electron chi connectivity index (χ1n) is 10.2. The van der Waals surface area contributed by atoms with E-state index >= 15 is 0 Å². The summed E-state index contributed by atoms with van der Waals surface area (Å²) in [5.74, 6) is 0.498. The summed E-state index contributed by atoms with van der Waals surface area (Å²) < 4.78 is 28.2. The van der Waals surface area contributed by atoms with Crippen molar-refractivity contribution in [2.24, 2.45) is 11.3 Å². The fourth-order valence-corrected chi connectivity index (χ4v) is 7.00. The largest absolute Gasteiger partial charge is 0.342 e. The monoisotopic (exact) mass is 370 g/mol. The summed E-state index contributed by atoms with van der Waals surface area (Å²) in [6.45, 7) is 3.87. The minimum absolute atomic E-state index is 0.0102. The van der Waals surface area contributed by atoms with Crippen molar-refractivity contribution in [3.63, 3.8) is 0 Å². The maximum absolute atomic E-state index is 12.6. The molecule has 1 amide bonds. The van der Waals surface area contributed by atoms with Gasteiger partial charge in [0.2, 0.25) is 15.9 Å². The van der Waals surface area contributed by atoms with Gasteiger partial charge in [-0.05, 0) is 56.8 Å². The zero-order chi connectivity index (χ0) is 17.9. The highest BCUT2D eigenvalue weighted by Gasteiger charge is 2.37. The normalized spacial score (nSPS) is 30.4. The van der Waals surface area contributed by atoms with Gasteiger partial charge in [0, 0.05) is 25.0 Å². The number of nitrogens with one attached hydrogen (secondary N) is 1. The topological polar surface area (TPSA) is 66.5 Å². The van der Waals surface area contributed by atoms with Crippen LogP contribution in [-0.4, -0.2) is 44.1 Å². The summed E-state index contributed by atoms with van der Waals surface area (Å²) in [5.41, 5.74) is -0.0777. The summed E-state index contributed by atoms with van der Waals surface area (Å²) in [7, 11) is -3.27. The van der Waals surface area contributed by atoms with Gasteiger partial charge in [-0.25, -0.2) is 13.1 Å². The van der Waals surface area contributed by atoms with Gasteiger partial charge < -0.3 is 4.90 Å². The third kappa shape index (κ3) is 5.19. The maximum atomic E-state index is 12.6. The van der Waals surface area contributed by atoms with Crippen LogP contribution in [0.2, 0.25) is 0 Å². The molecule has 2 aliphatic carbocycles. The van der Waals surface area contributed by atoms with Crippen molar-refractivity contribution in [1.82, 2.24) is 9.62 Å². The molecule has 144 valence electrons. The van der Waals surface area contributed by atoms with Crippen LogP contribution in [0.15, 0.2) is 0 Å². The molecule has 3 fully saturated rings. The van der Waals surface area contributed by atoms with Crippen LogP contribution >= 0.6 is 0 Å². The molecule has 3 rings (SSSR count). The van der Waals surface area contributed by atoms with Crippen LogP contribution in [0.1, 0.15) is 77.6 Å². The average Bonchev–Trinajstić information content (AvgIpc) is 3.02. The molecular weight excluding hydrogens is 336 g/mol. The van der Waals surface area contributed by atoms with Gasteiger partial charge in [-0.3, -0.25) is 4.79 Å². The van der Waals surface area contributed by atoms with E-state index in [-0.39, 0.29) is 29.0 Å². The van der Waals surface area contributed by atoms with E-state index in [1.54, 1.807) is 0 Å². The van der Waals surface area contributed by atoms with E-state index in [0.29, 0.717) is 6.42 Å². The summed E-state index contributed by atoms with van der Waals surface area (Å²) in [6, 6.07) is -0.0593. The molecular formula is C19H34N2O3S. The molecule has 2 saturated carbocycles. The molecule has 5 nitrogen and oxygen atoms in total. The zero-order valence-electron chi connectivity index (χ0n) is 15.6. The van der Waals surface area contributed by atoms with E-state index in [9.17, 15) is 13.2 Å². The van der Waals surface area contributed by atoms with Gasteiger partial charge in [0.05, 0.1) is 5.75 Å². The molecule has 0 spiro atoms. The summed E-state index contributed by atoms with van der Waals surface area (Å²) >= 11 is 0. The zero-order valence-corrected chi connectivity index (χ0v) is 16.5. The van der Waals surface area contributed by atoms with Crippen LogP contribution in [0.4, 0.5) is 0 Å². The number of likely N-dealkylation sites (tertiary alicyclic amines) is 1. The first kappa shape index (κ1) is 19.2. The number of hydrogen-bond donors (Lipinski definition) is 1. The molecule has 0 unspecified atom stereocenters. The Morgan fingerprint density at radius 1 is 1.04 bits per heavy atom. The van der Waals surface area contributed by atoms with Crippen molar-refractivity contribution in [2.75, 3.05) is 18.8 Å². The molecule has 0 aromatic heterocycles. The van der Waals surface area contributed by atoms with Gasteiger partial charge >= 0.3 is 0 Å². The quantitative estimate of drug-likeness (QED) is 0.809. The molecule has 1 saturated heterocycles. The van der Waals surface area contributed by atoms with E-state index in [2.05, 4.69) is 11.6 Å². The Morgan fingerprint density at radius 2 is 1.68 bits per heavy atom. The number of hydrogen-bond acceptors (Lipinski definition) is 3. The predicted molar refractivity (Wildman–Crippen MR) is 99.7 cm³/mol. The Morgan fingerprint density at radius 3 is 2.36 bits per heavy atom. The van der Waals surface area contributed by atoms with Crippen molar-refractivity contribution in [2.45, 2.75) is 83.6 Å². The molecule has 1 aliphatic heterocycles. The van der Waals surface area contributed by atoms with Gasteiger partial charge in [-0.2, -0.15) is 0 Å². The lowest BCUT2D eigenvalue weighted by atomic mass is 9.77. The first-order chi connectivity index (χ1) is 11.9. The fourth-order valence-electron chi connectivity index (χ4n) is 4.99. The van der Waals surface area contributed by atoms with Crippen molar-refractivity contribution >= 4 is 15.9 Å². The van der Waals surface area contributed by atoms with Crippen LogP contribution < -0.4 is 4.72 Å². The third-order valence-electron chi connectivity index (χ3n) is 6.39. The van der Waals surface area contributed by atoms with E-state index in [1.807, 2.05) is 4.90 Å². The molecule has 1 heterocycles. The van der Waals surface area contributed by atoms with Gasteiger partial charge in [-0.15, -0.1) is 0 Å². The molecule has 2 atom stereocenters. The Bertz CT molecular complexity index is 563. The second kappa shape index (κ2) is 7.95. The lowest BCUT2D eigenvalue weighted by Crippen LogP contribution is -2.42. The number of piperidine rings is 1. The smallest absolute Gasteiger partial charge is 0.225 e. The molecule has 25 heavy (non-hydrogen) atoms. The molecule has 0 bridgehead atoms. The summed E-state index contributed by atoms with van der Waals surface area (Å²) in [6.07, 6.45) is 11.2. The van der Waals surface area contributed by atoms with Crippen LogP contribution in [-0.2, 0) is 14.8 Å². The summed E-state index contributed by atoms with van der Waals surface area (Å²) in [5, 5.41) is 0. The molecule has 0 aromatic carbocycles.